The van der Waals surface area contributed by atoms with Gasteiger partial charge in [0.2, 0.25) is 0 Å². The molecule has 1 aromatic rings. The molecule has 0 aliphatic rings. The van der Waals surface area contributed by atoms with Crippen molar-refractivity contribution in [1.82, 2.24) is 9.97 Å². The fraction of sp³-hybridized carbons (Fsp3) is 0.200. The second-order valence-corrected chi connectivity index (χ2v) is 1.98. The first-order valence-corrected chi connectivity index (χ1v) is 2.71. The minimum atomic E-state index is 0.720. The number of nitrogens with zero attached hydrogens (tertiary/aromatic N) is 2. The molecule has 0 N–H and O–H groups in total. The van der Waals surface area contributed by atoms with Crippen LogP contribution >= 0.6 is 12.6 Å². The summed E-state index contributed by atoms with van der Waals surface area (Å²) in [6.45, 7) is 1.90. The molecule has 1 rings (SSSR count). The molecule has 8 heavy (non-hydrogen) atoms. The Labute approximate surface area is 53.4 Å². The van der Waals surface area contributed by atoms with Gasteiger partial charge in [-0.25, -0.2) is 9.97 Å². The summed E-state index contributed by atoms with van der Waals surface area (Å²) in [7, 11) is 0. The van der Waals surface area contributed by atoms with Crippen LogP contribution in [0.25, 0.3) is 0 Å². The van der Waals surface area contributed by atoms with E-state index >= 15 is 0 Å². The van der Waals surface area contributed by atoms with Gasteiger partial charge < -0.3 is 0 Å². The van der Waals surface area contributed by atoms with Gasteiger partial charge in [-0.1, -0.05) is 0 Å². The Morgan fingerprint density at radius 2 is 2.25 bits per heavy atom. The van der Waals surface area contributed by atoms with Crippen LogP contribution in [-0.2, 0) is 0 Å². The topological polar surface area (TPSA) is 25.8 Å². The van der Waals surface area contributed by atoms with E-state index in [0.29, 0.717) is 0 Å². The van der Waals surface area contributed by atoms with Crippen molar-refractivity contribution in [2.45, 2.75) is 11.9 Å². The summed E-state index contributed by atoms with van der Waals surface area (Å²) in [5, 5.41) is 0.720. The number of aryl methyl sites for hydroxylation is 1. The first-order chi connectivity index (χ1) is 3.79. The van der Waals surface area contributed by atoms with Gasteiger partial charge >= 0.3 is 0 Å². The molecule has 0 amide bonds. The first kappa shape index (κ1) is 5.56. The summed E-state index contributed by atoms with van der Waals surface area (Å²) in [6, 6.07) is 1.81. The van der Waals surface area contributed by atoms with Crippen molar-refractivity contribution in [3.63, 3.8) is 0 Å². The van der Waals surface area contributed by atoms with Crippen LogP contribution in [-0.4, -0.2) is 9.97 Å². The average Bonchev–Trinajstić information content (AvgIpc) is 1.64. The monoisotopic (exact) mass is 126 g/mol. The molecule has 2 nitrogen and oxygen atoms in total. The number of thiol groups is 1. The summed E-state index contributed by atoms with van der Waals surface area (Å²) in [6.07, 6.45) is 1.50. The minimum absolute atomic E-state index is 0.720. The molecule has 0 aliphatic carbocycles. The Morgan fingerprint density at radius 3 is 2.62 bits per heavy atom. The van der Waals surface area contributed by atoms with Gasteiger partial charge in [-0.15, -0.1) is 12.6 Å². The molecule has 0 bridgehead atoms. The van der Waals surface area contributed by atoms with Crippen molar-refractivity contribution >= 4 is 12.6 Å². The predicted molar refractivity (Wildman–Crippen MR) is 34.0 cm³/mol. The van der Waals surface area contributed by atoms with Crippen LogP contribution in [0.1, 0.15) is 5.69 Å². The maximum absolute atomic E-state index is 4.00. The lowest BCUT2D eigenvalue weighted by Crippen LogP contribution is -1.81. The fourth-order valence-electron chi connectivity index (χ4n) is 0.440. The van der Waals surface area contributed by atoms with Crippen molar-refractivity contribution in [3.05, 3.63) is 18.1 Å². The highest BCUT2D eigenvalue weighted by Gasteiger charge is 1.84. The van der Waals surface area contributed by atoms with E-state index in [-0.39, 0.29) is 0 Å². The summed E-state index contributed by atoms with van der Waals surface area (Å²) in [4.78, 5) is 7.67. The van der Waals surface area contributed by atoms with E-state index in [2.05, 4.69) is 22.6 Å². The second kappa shape index (κ2) is 2.13. The van der Waals surface area contributed by atoms with Gasteiger partial charge in [-0.05, 0) is 13.0 Å². The molecular weight excluding hydrogens is 120 g/mol. The van der Waals surface area contributed by atoms with Crippen molar-refractivity contribution in [2.75, 3.05) is 0 Å². The molecule has 0 unspecified atom stereocenters. The van der Waals surface area contributed by atoms with E-state index in [4.69, 9.17) is 0 Å². The van der Waals surface area contributed by atoms with Gasteiger partial charge in [-0.2, -0.15) is 0 Å². The fourth-order valence-corrected chi connectivity index (χ4v) is 0.679. The van der Waals surface area contributed by atoms with Crippen LogP contribution in [0.5, 0.6) is 0 Å². The smallest absolute Gasteiger partial charge is 0.116 e. The molecule has 0 aliphatic heterocycles. The van der Waals surface area contributed by atoms with Crippen molar-refractivity contribution in [3.8, 4) is 0 Å². The molecule has 1 aromatic heterocycles. The van der Waals surface area contributed by atoms with Gasteiger partial charge in [0.25, 0.3) is 0 Å². The van der Waals surface area contributed by atoms with E-state index < -0.39 is 0 Å². The number of hydrogen-bond donors (Lipinski definition) is 1. The van der Waals surface area contributed by atoms with E-state index in [1.54, 1.807) is 0 Å². The highest BCUT2D eigenvalue weighted by atomic mass is 32.1. The molecule has 0 spiro atoms. The summed E-state index contributed by atoms with van der Waals surface area (Å²) in [5.74, 6) is 0. The van der Waals surface area contributed by atoms with Gasteiger partial charge in [0.05, 0.1) is 5.03 Å². The zero-order valence-corrected chi connectivity index (χ0v) is 5.39. The second-order valence-electron chi connectivity index (χ2n) is 1.52. The largest absolute Gasteiger partial charge is 0.242 e. The first-order valence-electron chi connectivity index (χ1n) is 2.26. The third-order valence-electron chi connectivity index (χ3n) is 0.789. The normalized spacial score (nSPS) is 9.25. The zero-order chi connectivity index (χ0) is 5.98. The lowest BCUT2D eigenvalue weighted by atomic mass is 10.5. The molecule has 0 radical (unpaired) electrons. The molecule has 0 saturated carbocycles. The van der Waals surface area contributed by atoms with Gasteiger partial charge in [0, 0.05) is 5.69 Å². The molecule has 0 fully saturated rings. The van der Waals surface area contributed by atoms with Crippen molar-refractivity contribution < 1.29 is 0 Å². The number of rotatable bonds is 0. The van der Waals surface area contributed by atoms with Crippen molar-refractivity contribution in [2.24, 2.45) is 0 Å². The van der Waals surface area contributed by atoms with E-state index in [9.17, 15) is 0 Å². The van der Waals surface area contributed by atoms with Gasteiger partial charge in [0.1, 0.15) is 6.33 Å². The Kier molecular flexibility index (Phi) is 1.48. The van der Waals surface area contributed by atoms with Gasteiger partial charge in [0.15, 0.2) is 0 Å². The Hall–Kier alpha value is -0.570. The highest BCUT2D eigenvalue weighted by molar-refractivity contribution is 7.80. The maximum atomic E-state index is 4.00. The SMILES string of the molecule is Cc1cc(S)ncn1. The van der Waals surface area contributed by atoms with Crippen LogP contribution in [0.4, 0.5) is 0 Å². The standard InChI is InChI=1S/C5H6N2S/c1-4-2-5(8)7-3-6-4/h2-3H,1H3,(H,6,7,8). The predicted octanol–water partition coefficient (Wildman–Crippen LogP) is 1.07. The summed E-state index contributed by atoms with van der Waals surface area (Å²) < 4.78 is 0. The van der Waals surface area contributed by atoms with Gasteiger partial charge in [-0.3, -0.25) is 0 Å². The average molecular weight is 126 g/mol. The van der Waals surface area contributed by atoms with Crippen molar-refractivity contribution in [1.29, 1.82) is 0 Å². The van der Waals surface area contributed by atoms with Crippen LogP contribution in [0.15, 0.2) is 17.4 Å². The lowest BCUT2D eigenvalue weighted by Gasteiger charge is -1.88. The Bertz CT molecular complexity index is 170. The molecule has 0 saturated heterocycles. The maximum Gasteiger partial charge on any atom is 0.116 e. The highest BCUT2D eigenvalue weighted by Crippen LogP contribution is 1.98. The molecule has 1 heterocycles. The quantitative estimate of drug-likeness (QED) is 0.415. The summed E-state index contributed by atoms with van der Waals surface area (Å²) >= 11 is 4.00. The molecular formula is C5H6N2S. The van der Waals surface area contributed by atoms with Crippen LogP contribution in [0, 0.1) is 6.92 Å². The zero-order valence-electron chi connectivity index (χ0n) is 4.50. The molecule has 3 heteroatoms. The number of aromatic nitrogens is 2. The molecule has 42 valence electrons. The third-order valence-corrected chi connectivity index (χ3v) is 1.03. The van der Waals surface area contributed by atoms with E-state index in [1.165, 1.54) is 6.33 Å². The summed E-state index contributed by atoms with van der Waals surface area (Å²) in [5.41, 5.74) is 0.949. The van der Waals surface area contributed by atoms with Crippen LogP contribution in [0.2, 0.25) is 0 Å². The number of hydrogen-bond acceptors (Lipinski definition) is 3. The minimum Gasteiger partial charge on any atom is -0.242 e. The third kappa shape index (κ3) is 1.20. The van der Waals surface area contributed by atoms with Crippen LogP contribution < -0.4 is 0 Å². The molecule has 0 atom stereocenters. The van der Waals surface area contributed by atoms with E-state index in [0.717, 1.165) is 10.7 Å². The Balaban J connectivity index is 3.08. The molecule has 0 aromatic carbocycles. The van der Waals surface area contributed by atoms with Crippen LogP contribution in [0.3, 0.4) is 0 Å². The Morgan fingerprint density at radius 1 is 1.50 bits per heavy atom. The lowest BCUT2D eigenvalue weighted by molar-refractivity contribution is 1.01. The van der Waals surface area contributed by atoms with E-state index in [1.807, 2.05) is 13.0 Å².